The molecule has 0 saturated carbocycles. The van der Waals surface area contributed by atoms with E-state index in [1.165, 1.54) is 43.2 Å². The van der Waals surface area contributed by atoms with Crippen LogP contribution < -0.4 is 0 Å². The van der Waals surface area contributed by atoms with Crippen LogP contribution in [0, 0.1) is 0 Å². The van der Waals surface area contributed by atoms with E-state index in [1.54, 1.807) is 0 Å². The highest BCUT2D eigenvalue weighted by Gasteiger charge is 2.50. The summed E-state index contributed by atoms with van der Waals surface area (Å²) in [4.78, 5) is 17.4. The summed E-state index contributed by atoms with van der Waals surface area (Å²) in [5.74, 6) is 1.87. The molecular formula is C46H27N3OS. The Morgan fingerprint density at radius 2 is 0.980 bits per heavy atom. The molecule has 0 unspecified atom stereocenters. The molecule has 0 bridgehead atoms. The van der Waals surface area contributed by atoms with Crippen LogP contribution in [0.2, 0.25) is 0 Å². The van der Waals surface area contributed by atoms with Crippen molar-refractivity contribution in [3.05, 3.63) is 186 Å². The summed E-state index contributed by atoms with van der Waals surface area (Å²) in [6.07, 6.45) is 0. The molecule has 11 rings (SSSR count). The van der Waals surface area contributed by atoms with Gasteiger partial charge >= 0.3 is 0 Å². The van der Waals surface area contributed by atoms with Gasteiger partial charge in [-0.1, -0.05) is 145 Å². The van der Waals surface area contributed by atoms with E-state index in [2.05, 4.69) is 103 Å². The van der Waals surface area contributed by atoms with Crippen molar-refractivity contribution >= 4 is 33.7 Å². The van der Waals surface area contributed by atoms with E-state index in [0.29, 0.717) is 17.5 Å². The van der Waals surface area contributed by atoms with Gasteiger partial charge in [-0.05, 0) is 63.7 Å². The predicted molar refractivity (Wildman–Crippen MR) is 205 cm³/mol. The second-order valence-corrected chi connectivity index (χ2v) is 14.2. The van der Waals surface area contributed by atoms with Gasteiger partial charge in [0.25, 0.3) is 0 Å². The third-order valence-electron chi connectivity index (χ3n) is 10.4. The van der Waals surface area contributed by atoms with E-state index in [9.17, 15) is 0 Å². The van der Waals surface area contributed by atoms with Gasteiger partial charge in [-0.3, -0.25) is 0 Å². The molecule has 0 atom stereocenters. The molecule has 5 heteroatoms. The second kappa shape index (κ2) is 10.8. The first kappa shape index (κ1) is 28.5. The van der Waals surface area contributed by atoms with Crippen LogP contribution in [-0.2, 0) is 5.41 Å². The van der Waals surface area contributed by atoms with Gasteiger partial charge in [-0.2, -0.15) is 0 Å². The fraction of sp³-hybridized carbons (Fsp3) is 0.0217. The largest absolute Gasteiger partial charge is 0.456 e. The number of benzene rings is 7. The van der Waals surface area contributed by atoms with E-state index in [4.69, 9.17) is 19.4 Å². The number of hydrogen-bond donors (Lipinski definition) is 0. The van der Waals surface area contributed by atoms with Gasteiger partial charge in [0.1, 0.15) is 11.2 Å². The van der Waals surface area contributed by atoms with Gasteiger partial charge in [-0.15, -0.1) is 0 Å². The van der Waals surface area contributed by atoms with E-state index >= 15 is 0 Å². The van der Waals surface area contributed by atoms with Crippen molar-refractivity contribution in [1.29, 1.82) is 0 Å². The van der Waals surface area contributed by atoms with E-state index in [0.717, 1.165) is 38.6 Å². The lowest BCUT2D eigenvalue weighted by Crippen LogP contribution is -2.31. The smallest absolute Gasteiger partial charge is 0.164 e. The number of hydrogen-bond acceptors (Lipinski definition) is 5. The van der Waals surface area contributed by atoms with Crippen LogP contribution in [0.5, 0.6) is 0 Å². The number of furan rings is 1. The van der Waals surface area contributed by atoms with Crippen molar-refractivity contribution < 1.29 is 4.42 Å². The summed E-state index contributed by atoms with van der Waals surface area (Å²) in [5, 5.41) is 2.21. The van der Waals surface area contributed by atoms with Crippen LogP contribution in [0.25, 0.3) is 67.2 Å². The topological polar surface area (TPSA) is 51.8 Å². The minimum Gasteiger partial charge on any atom is -0.456 e. The average Bonchev–Trinajstić information content (AvgIpc) is 3.72. The molecule has 0 radical (unpaired) electrons. The summed E-state index contributed by atoms with van der Waals surface area (Å²) in [7, 11) is 0. The van der Waals surface area contributed by atoms with E-state index < -0.39 is 5.41 Å². The van der Waals surface area contributed by atoms with Crippen LogP contribution in [0.3, 0.4) is 0 Å². The van der Waals surface area contributed by atoms with Gasteiger partial charge in [0.2, 0.25) is 0 Å². The molecule has 2 aliphatic rings. The van der Waals surface area contributed by atoms with Crippen molar-refractivity contribution in [1.82, 2.24) is 15.0 Å². The lowest BCUT2D eigenvalue weighted by molar-refractivity contribution is 0.668. The zero-order chi connectivity index (χ0) is 33.5. The summed E-state index contributed by atoms with van der Waals surface area (Å²) >= 11 is 1.86. The highest BCUT2D eigenvalue weighted by Crippen LogP contribution is 2.63. The minimum atomic E-state index is -0.436. The molecule has 9 aromatic rings. The van der Waals surface area contributed by atoms with Crippen molar-refractivity contribution in [2.75, 3.05) is 0 Å². The molecule has 3 heterocycles. The standard InChI is InChI=1S/C46H27N3OS/c1-3-13-28(14-4-1)43-47-44(29-15-5-2-6-16-29)49-45(48-43)30-23-24-32-38(27-30)50-37-26-25-36-41(42(32)37)31-17-7-8-18-33(31)46(36)34-19-9-11-21-39(34)51-40-22-12-10-20-35(40)46/h1-27H. The SMILES string of the molecule is c1ccc(-c2nc(-c3ccccc3)nc(-c3ccc4c(c3)oc3ccc5c(c34)-c3ccccc3C53c4ccccc4Sc4ccccc43)n2)cc1. The Bertz CT molecular complexity index is 2740. The quantitative estimate of drug-likeness (QED) is 0.187. The highest BCUT2D eigenvalue weighted by atomic mass is 32.2. The van der Waals surface area contributed by atoms with Crippen LogP contribution >= 0.6 is 11.8 Å². The van der Waals surface area contributed by atoms with E-state index in [-0.39, 0.29) is 0 Å². The molecule has 2 aromatic heterocycles. The van der Waals surface area contributed by atoms with Crippen molar-refractivity contribution in [3.63, 3.8) is 0 Å². The van der Waals surface area contributed by atoms with Gasteiger partial charge in [0.05, 0.1) is 5.41 Å². The molecule has 0 amide bonds. The Morgan fingerprint density at radius 3 is 1.63 bits per heavy atom. The third kappa shape index (κ3) is 4.07. The Hall–Kier alpha value is -6.30. The fourth-order valence-electron chi connectivity index (χ4n) is 8.28. The van der Waals surface area contributed by atoms with Crippen LogP contribution in [0.1, 0.15) is 22.3 Å². The highest BCUT2D eigenvalue weighted by molar-refractivity contribution is 7.99. The molecule has 1 aliphatic heterocycles. The lowest BCUT2D eigenvalue weighted by atomic mass is 9.67. The average molecular weight is 670 g/mol. The predicted octanol–water partition coefficient (Wildman–Crippen LogP) is 11.6. The van der Waals surface area contributed by atoms with Crippen molar-refractivity contribution in [2.24, 2.45) is 0 Å². The van der Waals surface area contributed by atoms with E-state index in [1.807, 2.05) is 72.4 Å². The summed E-state index contributed by atoms with van der Waals surface area (Å²) in [5.41, 5.74) is 11.7. The van der Waals surface area contributed by atoms with Gasteiger partial charge < -0.3 is 4.42 Å². The van der Waals surface area contributed by atoms with Crippen LogP contribution in [0.15, 0.2) is 178 Å². The third-order valence-corrected chi connectivity index (χ3v) is 11.6. The monoisotopic (exact) mass is 669 g/mol. The zero-order valence-electron chi connectivity index (χ0n) is 27.2. The molecule has 238 valence electrons. The molecule has 0 N–H and O–H groups in total. The number of rotatable bonds is 3. The maximum absolute atomic E-state index is 6.72. The Kier molecular flexibility index (Phi) is 6.07. The Labute approximate surface area is 298 Å². The number of nitrogens with zero attached hydrogens (tertiary/aromatic N) is 3. The van der Waals surface area contributed by atoms with Crippen molar-refractivity contribution in [2.45, 2.75) is 15.2 Å². The molecule has 51 heavy (non-hydrogen) atoms. The summed E-state index contributed by atoms with van der Waals surface area (Å²) in [6.45, 7) is 0. The number of aromatic nitrogens is 3. The molecular weight excluding hydrogens is 643 g/mol. The molecule has 1 spiro atoms. The molecule has 0 fully saturated rings. The zero-order valence-corrected chi connectivity index (χ0v) is 28.1. The Balaban J connectivity index is 1.15. The van der Waals surface area contributed by atoms with Gasteiger partial charge in [0.15, 0.2) is 17.5 Å². The first-order chi connectivity index (χ1) is 25.3. The second-order valence-electron chi connectivity index (χ2n) is 13.1. The Morgan fingerprint density at radius 1 is 0.431 bits per heavy atom. The maximum atomic E-state index is 6.72. The summed E-state index contributed by atoms with van der Waals surface area (Å²) in [6, 6.07) is 57.7. The molecule has 0 saturated heterocycles. The minimum absolute atomic E-state index is 0.436. The van der Waals surface area contributed by atoms with Crippen molar-refractivity contribution in [3.8, 4) is 45.3 Å². The molecule has 4 nitrogen and oxygen atoms in total. The van der Waals surface area contributed by atoms with Gasteiger partial charge in [0, 0.05) is 37.3 Å². The first-order valence-corrected chi connectivity index (χ1v) is 17.9. The number of fused-ring (bicyclic) bond motifs is 13. The maximum Gasteiger partial charge on any atom is 0.164 e. The normalized spacial score (nSPS) is 13.6. The fourth-order valence-corrected chi connectivity index (χ4v) is 9.48. The van der Waals surface area contributed by atoms with Crippen LogP contribution in [-0.4, -0.2) is 15.0 Å². The summed E-state index contributed by atoms with van der Waals surface area (Å²) < 4.78 is 6.72. The molecule has 7 aromatic carbocycles. The molecule has 1 aliphatic carbocycles. The first-order valence-electron chi connectivity index (χ1n) is 17.1. The lowest BCUT2D eigenvalue weighted by Gasteiger charge is -2.39. The van der Waals surface area contributed by atoms with Gasteiger partial charge in [-0.25, -0.2) is 15.0 Å². The van der Waals surface area contributed by atoms with Crippen LogP contribution in [0.4, 0.5) is 0 Å².